The first-order valence-corrected chi connectivity index (χ1v) is 15.8. The van der Waals surface area contributed by atoms with Crippen LogP contribution in [0, 0.1) is 13.8 Å². The quantitative estimate of drug-likeness (QED) is 0.0623. The lowest BCUT2D eigenvalue weighted by molar-refractivity contribution is -0.617. The summed E-state index contributed by atoms with van der Waals surface area (Å²) in [6, 6.07) is 22.4. The van der Waals surface area contributed by atoms with Crippen molar-refractivity contribution >= 4 is 63.3 Å². The van der Waals surface area contributed by atoms with Crippen LogP contribution in [-0.2, 0) is 28.0 Å². The molecule has 0 bridgehead atoms. The number of carbonyl (C=O) groups excluding carboxylic acids is 6. The Labute approximate surface area is 303 Å². The van der Waals surface area contributed by atoms with Gasteiger partial charge in [0.25, 0.3) is 17.7 Å². The highest BCUT2D eigenvalue weighted by Crippen LogP contribution is 2.31. The van der Waals surface area contributed by atoms with Crippen LogP contribution in [0.5, 0.6) is 5.75 Å². The van der Waals surface area contributed by atoms with Crippen LogP contribution in [0.3, 0.4) is 0 Å². The third kappa shape index (κ3) is 7.77. The van der Waals surface area contributed by atoms with Crippen molar-refractivity contribution in [3.63, 3.8) is 0 Å². The Morgan fingerprint density at radius 2 is 1.37 bits per heavy atom. The summed E-state index contributed by atoms with van der Waals surface area (Å²) in [4.78, 5) is 85.1. The number of carboxylic acids is 2. The van der Waals surface area contributed by atoms with Gasteiger partial charge in [0.05, 0.1) is 34.0 Å². The number of pyridine rings is 1. The van der Waals surface area contributed by atoms with Gasteiger partial charge in [0.15, 0.2) is 0 Å². The molecule has 2 heterocycles. The lowest BCUT2D eigenvalue weighted by Gasteiger charge is -2.16. The normalized spacial score (nSPS) is 12.2. The van der Waals surface area contributed by atoms with Gasteiger partial charge < -0.3 is 19.7 Å². The fourth-order valence-corrected chi connectivity index (χ4v) is 5.97. The van der Waals surface area contributed by atoms with E-state index in [0.29, 0.717) is 49.7 Å². The minimum Gasteiger partial charge on any atom is -0.542 e. The second-order valence-electron chi connectivity index (χ2n) is 12.1. The van der Waals surface area contributed by atoms with Gasteiger partial charge in [-0.25, -0.2) is 4.79 Å². The fraction of sp³-hybridized carbons (Fsp3) is 0.158. The number of alkyl halides is 3. The molecule has 1 aliphatic heterocycles. The number of rotatable bonds is 7. The van der Waals surface area contributed by atoms with Crippen LogP contribution >= 0.6 is 0 Å². The minimum absolute atomic E-state index is 0.0507. The first kappa shape index (κ1) is 38.3. The summed E-state index contributed by atoms with van der Waals surface area (Å²) in [5.41, 5.74) is 4.16. The number of benzene rings is 4. The number of ether oxygens (including phenoxy) is 1. The lowest BCUT2D eigenvalue weighted by atomic mass is 10.00. The number of hydrogen-bond donors (Lipinski definition) is 2. The number of amides is 4. The van der Waals surface area contributed by atoms with Crippen molar-refractivity contribution in [1.82, 2.24) is 10.2 Å². The zero-order valence-corrected chi connectivity index (χ0v) is 28.6. The van der Waals surface area contributed by atoms with E-state index in [-0.39, 0.29) is 29.7 Å². The van der Waals surface area contributed by atoms with Crippen LogP contribution < -0.4 is 19.7 Å². The summed E-state index contributed by atoms with van der Waals surface area (Å²) < 4.78 is 39.4. The molecule has 0 unspecified atom stereocenters. The molecule has 0 saturated heterocycles. The third-order valence-electron chi connectivity index (χ3n) is 8.36. The Balaban J connectivity index is 0.000000730. The second-order valence-corrected chi connectivity index (χ2v) is 12.1. The van der Waals surface area contributed by atoms with Crippen molar-refractivity contribution in [2.24, 2.45) is 7.05 Å². The lowest BCUT2D eigenvalue weighted by Crippen LogP contribution is -2.37. The summed E-state index contributed by atoms with van der Waals surface area (Å²) in [6.45, 7) is 3.35. The molecule has 0 atom stereocenters. The molecule has 6 rings (SSSR count). The number of aryl methyl sites for hydroxylation is 3. The first-order valence-electron chi connectivity index (χ1n) is 15.8. The molecule has 5 aromatic rings. The molecule has 16 heteroatoms. The predicted molar refractivity (Wildman–Crippen MR) is 180 cm³/mol. The Morgan fingerprint density at radius 3 is 1.93 bits per heavy atom. The number of imide groups is 2. The Hall–Kier alpha value is -6.97. The molecule has 0 aliphatic carbocycles. The Kier molecular flexibility index (Phi) is 10.6. The van der Waals surface area contributed by atoms with E-state index in [4.69, 9.17) is 19.7 Å². The van der Waals surface area contributed by atoms with E-state index >= 15 is 0 Å². The number of nitrogens with one attached hydrogen (secondary N) is 1. The molecule has 1 aromatic heterocycles. The number of halogens is 3. The number of fused-ring (bicyclic) bond motifs is 3. The Bertz CT molecular complexity index is 2380. The molecule has 0 radical (unpaired) electrons. The predicted octanol–water partition coefficient (Wildman–Crippen LogP) is 3.48. The first-order chi connectivity index (χ1) is 25.4. The third-order valence-corrected chi connectivity index (χ3v) is 8.36. The SMILES string of the molecule is Cc1cc(C(=O)NC(=O)CC(=O)O)cc(C)c1OC(=O)c1c2ccccc2[n+](C)c2cc(CN3C(=O)c4ccccc4C3=O)ccc12.O=C([O-])C(F)(F)F. The van der Waals surface area contributed by atoms with Crippen LogP contribution in [0.25, 0.3) is 21.8 Å². The average Bonchev–Trinajstić information content (AvgIpc) is 3.34. The van der Waals surface area contributed by atoms with Crippen LogP contribution in [0.1, 0.15) is 64.5 Å². The van der Waals surface area contributed by atoms with Gasteiger partial charge in [0.1, 0.15) is 25.2 Å². The van der Waals surface area contributed by atoms with Crippen molar-refractivity contribution in [1.29, 1.82) is 0 Å². The van der Waals surface area contributed by atoms with Gasteiger partial charge in [0, 0.05) is 17.7 Å². The van der Waals surface area contributed by atoms with Crippen LogP contribution in [-0.4, -0.2) is 57.7 Å². The van der Waals surface area contributed by atoms with E-state index in [1.165, 1.54) is 17.0 Å². The van der Waals surface area contributed by atoms with Crippen molar-refractivity contribution in [2.45, 2.75) is 33.0 Å². The Morgan fingerprint density at radius 1 is 0.833 bits per heavy atom. The minimum atomic E-state index is -5.19. The number of esters is 1. The van der Waals surface area contributed by atoms with Crippen molar-refractivity contribution in [3.05, 3.63) is 118 Å². The number of carboxylic acid groups (broad SMARTS) is 2. The molecule has 54 heavy (non-hydrogen) atoms. The molecule has 13 nitrogen and oxygen atoms in total. The van der Waals surface area contributed by atoms with E-state index in [0.717, 1.165) is 5.52 Å². The van der Waals surface area contributed by atoms with Crippen molar-refractivity contribution in [3.8, 4) is 5.75 Å². The second kappa shape index (κ2) is 14.9. The largest absolute Gasteiger partial charge is 0.542 e. The molecule has 0 saturated carbocycles. The van der Waals surface area contributed by atoms with E-state index in [1.807, 2.05) is 47.3 Å². The topological polar surface area (TPSA) is 191 Å². The summed E-state index contributed by atoms with van der Waals surface area (Å²) in [5, 5.41) is 20.8. The zero-order chi connectivity index (χ0) is 39.6. The van der Waals surface area contributed by atoms with Gasteiger partial charge in [-0.1, -0.05) is 30.3 Å². The molecule has 0 spiro atoms. The molecule has 276 valence electrons. The number of aromatic nitrogens is 1. The van der Waals surface area contributed by atoms with E-state index < -0.39 is 42.3 Å². The fourth-order valence-electron chi connectivity index (χ4n) is 5.97. The highest BCUT2D eigenvalue weighted by Gasteiger charge is 2.35. The summed E-state index contributed by atoms with van der Waals surface area (Å²) >= 11 is 0. The van der Waals surface area contributed by atoms with Gasteiger partial charge in [-0.05, 0) is 66.9 Å². The smallest absolute Gasteiger partial charge is 0.430 e. The number of para-hydroxylation sites is 1. The zero-order valence-electron chi connectivity index (χ0n) is 28.6. The van der Waals surface area contributed by atoms with Crippen molar-refractivity contribution < 1.29 is 66.3 Å². The summed E-state index contributed by atoms with van der Waals surface area (Å²) in [5.74, 6) is -7.22. The maximum atomic E-state index is 14.0. The number of aliphatic carboxylic acids is 2. The van der Waals surface area contributed by atoms with Crippen LogP contribution in [0.15, 0.2) is 78.9 Å². The van der Waals surface area contributed by atoms with E-state index in [2.05, 4.69) is 0 Å². The van der Waals surface area contributed by atoms with Crippen LogP contribution in [0.2, 0.25) is 0 Å². The molecule has 1 aliphatic rings. The highest BCUT2D eigenvalue weighted by molar-refractivity contribution is 6.21. The molecule has 0 fully saturated rings. The van der Waals surface area contributed by atoms with Gasteiger partial charge in [-0.2, -0.15) is 17.7 Å². The number of hydrogen-bond acceptors (Lipinski definition) is 9. The maximum Gasteiger partial charge on any atom is 0.430 e. The van der Waals surface area contributed by atoms with Crippen molar-refractivity contribution in [2.75, 3.05) is 0 Å². The molecular formula is C38H28F3N3O10. The van der Waals surface area contributed by atoms with Gasteiger partial charge in [-0.15, -0.1) is 0 Å². The molecule has 4 aromatic carbocycles. The number of carbonyl (C=O) groups is 7. The standard InChI is InChI=1S/C36H27N3O8.C2HF3O2/c1-19-14-22(33(43)37-29(40)17-30(41)42)15-20(2)32(19)47-36(46)31-25-10-6-7-11-27(25)38(3)28-16-21(12-13-26(28)31)18-39-34(44)23-8-4-5-9-24(23)35(39)45;3-2(4,5)1(6)7/h4-16H,17-18H2,1-3H3,(H-,37,40,41,42,43);(H,6,7). The van der Waals surface area contributed by atoms with Crippen LogP contribution in [0.4, 0.5) is 13.2 Å². The van der Waals surface area contributed by atoms with E-state index in [9.17, 15) is 41.9 Å². The highest BCUT2D eigenvalue weighted by atomic mass is 19.4. The monoisotopic (exact) mass is 743 g/mol. The van der Waals surface area contributed by atoms with Gasteiger partial charge >= 0.3 is 18.1 Å². The van der Waals surface area contributed by atoms with Gasteiger partial charge in [0.2, 0.25) is 16.9 Å². The summed E-state index contributed by atoms with van der Waals surface area (Å²) in [6.07, 6.45) is -6.04. The summed E-state index contributed by atoms with van der Waals surface area (Å²) in [7, 11) is 1.87. The van der Waals surface area contributed by atoms with Gasteiger partial charge in [-0.3, -0.25) is 34.2 Å². The maximum absolute atomic E-state index is 14.0. The molecule has 2 N–H and O–H groups in total. The number of nitrogens with zero attached hydrogens (tertiary/aromatic N) is 2. The van der Waals surface area contributed by atoms with E-state index in [1.54, 1.807) is 50.2 Å². The average molecular weight is 744 g/mol. The molecule has 4 amide bonds. The molecular weight excluding hydrogens is 715 g/mol.